The van der Waals surface area contributed by atoms with E-state index in [1.165, 1.54) is 9.80 Å². The van der Waals surface area contributed by atoms with Gasteiger partial charge in [-0.15, -0.1) is 0 Å². The molecule has 3 aliphatic heterocycles. The maximum atomic E-state index is 13.0. The average molecular weight is 357 g/mol. The van der Waals surface area contributed by atoms with Crippen molar-refractivity contribution in [3.8, 4) is 0 Å². The molecule has 2 saturated heterocycles. The number of anilines is 1. The number of benzene rings is 1. The lowest BCUT2D eigenvalue weighted by molar-refractivity contribution is -0.137. The number of fused-ring (bicyclic) bond motifs is 3. The summed E-state index contributed by atoms with van der Waals surface area (Å²) in [6, 6.07) is 7.26. The lowest BCUT2D eigenvalue weighted by Crippen LogP contribution is -2.64. The maximum Gasteiger partial charge on any atom is 0.328 e. The maximum absolute atomic E-state index is 13.0. The van der Waals surface area contributed by atoms with E-state index in [0.717, 1.165) is 23.8 Å². The first kappa shape index (κ1) is 16.8. The van der Waals surface area contributed by atoms with Crippen LogP contribution < -0.4 is 4.90 Å². The first-order valence-electron chi connectivity index (χ1n) is 8.91. The van der Waals surface area contributed by atoms with Crippen molar-refractivity contribution in [2.75, 3.05) is 38.2 Å². The Morgan fingerprint density at radius 3 is 2.73 bits per heavy atom. The second-order valence-corrected chi connectivity index (χ2v) is 6.88. The molecule has 8 nitrogen and oxygen atoms in total. The molecular weight excluding hydrogens is 334 g/mol. The topological polar surface area (TPSA) is 79.7 Å². The molecule has 0 bridgehead atoms. The van der Waals surface area contributed by atoms with Crippen LogP contribution in [0.15, 0.2) is 29.3 Å². The number of guanidine groups is 1. The van der Waals surface area contributed by atoms with E-state index in [1.54, 1.807) is 7.05 Å². The molecule has 3 heterocycles. The molecule has 138 valence electrons. The summed E-state index contributed by atoms with van der Waals surface area (Å²) in [6.07, 6.45) is -0.117. The van der Waals surface area contributed by atoms with Gasteiger partial charge in [-0.2, -0.15) is 0 Å². The Hall–Kier alpha value is -2.61. The molecule has 0 aliphatic carbocycles. The second kappa shape index (κ2) is 6.28. The second-order valence-electron chi connectivity index (χ2n) is 6.88. The number of hydrogen-bond acceptors (Lipinski definition) is 6. The van der Waals surface area contributed by atoms with E-state index in [2.05, 4.69) is 17.9 Å². The van der Waals surface area contributed by atoms with Gasteiger partial charge in [-0.3, -0.25) is 9.69 Å². The van der Waals surface area contributed by atoms with Gasteiger partial charge >= 0.3 is 6.03 Å². The van der Waals surface area contributed by atoms with Gasteiger partial charge in [0.1, 0.15) is 0 Å². The molecule has 0 radical (unpaired) electrons. The van der Waals surface area contributed by atoms with Gasteiger partial charge in [0.05, 0.1) is 0 Å². The number of amides is 3. The Morgan fingerprint density at radius 1 is 1.23 bits per heavy atom. The largest absolute Gasteiger partial charge is 0.396 e. The quantitative estimate of drug-likeness (QED) is 0.847. The van der Waals surface area contributed by atoms with Crippen LogP contribution in [0.5, 0.6) is 0 Å². The van der Waals surface area contributed by atoms with Crippen LogP contribution in [0.4, 0.5) is 10.5 Å². The average Bonchev–Trinajstić information content (AvgIpc) is 3.20. The number of carbonyl (C=O) groups excluding carboxylic acids is 2. The Kier molecular flexibility index (Phi) is 4.07. The van der Waals surface area contributed by atoms with Crippen LogP contribution >= 0.6 is 0 Å². The highest BCUT2D eigenvalue weighted by Gasteiger charge is 2.54. The predicted octanol–water partition coefficient (Wildman–Crippen LogP) is 0.458. The monoisotopic (exact) mass is 357 g/mol. The summed E-state index contributed by atoms with van der Waals surface area (Å²) >= 11 is 0. The van der Waals surface area contributed by atoms with Gasteiger partial charge in [0, 0.05) is 39.0 Å². The number of carbonyl (C=O) groups is 2. The molecule has 2 fully saturated rings. The minimum atomic E-state index is -0.498. The Balaban J connectivity index is 1.65. The van der Waals surface area contributed by atoms with E-state index in [4.69, 9.17) is 10.1 Å². The van der Waals surface area contributed by atoms with Gasteiger partial charge in [0.15, 0.2) is 12.2 Å². The number of imide groups is 1. The number of aliphatic hydroxyl groups is 1. The highest BCUT2D eigenvalue weighted by atomic mass is 16.3. The molecule has 4 rings (SSSR count). The summed E-state index contributed by atoms with van der Waals surface area (Å²) in [4.78, 5) is 37.2. The number of likely N-dealkylation sites (N-methyl/N-ethyl adjacent to an activating group) is 1. The zero-order valence-corrected chi connectivity index (χ0v) is 15.0. The fraction of sp³-hybridized carbons (Fsp3) is 0.500. The molecule has 1 aromatic carbocycles. The molecule has 2 unspecified atom stereocenters. The minimum absolute atomic E-state index is 0.0542. The van der Waals surface area contributed by atoms with Gasteiger partial charge in [0.2, 0.25) is 5.96 Å². The van der Waals surface area contributed by atoms with Gasteiger partial charge in [0.25, 0.3) is 5.91 Å². The number of aliphatic hydroxyl groups excluding tert-OH is 1. The summed E-state index contributed by atoms with van der Waals surface area (Å²) in [5.41, 5.74) is 2.22. The molecule has 1 aromatic rings. The molecule has 0 spiro atoms. The van der Waals surface area contributed by atoms with Crippen molar-refractivity contribution in [3.05, 3.63) is 29.8 Å². The summed E-state index contributed by atoms with van der Waals surface area (Å²) in [5.74, 6) is 0.531. The predicted molar refractivity (Wildman–Crippen MR) is 96.8 cm³/mol. The Labute approximate surface area is 152 Å². The summed E-state index contributed by atoms with van der Waals surface area (Å²) in [5, 5.41) is 9.06. The number of para-hydroxylation sites is 1. The number of aliphatic imine (C=N–C) groups is 1. The van der Waals surface area contributed by atoms with E-state index >= 15 is 0 Å². The molecular formula is C18H23N5O3. The van der Waals surface area contributed by atoms with Crippen molar-refractivity contribution in [1.82, 2.24) is 14.7 Å². The SMILES string of the molecule is Cc1ccccc1N1CCN2C1=NC1C2C(=O)N(CCCO)C(=O)N1C. The molecule has 0 saturated carbocycles. The van der Waals surface area contributed by atoms with Crippen LogP contribution in [-0.2, 0) is 4.79 Å². The van der Waals surface area contributed by atoms with E-state index in [9.17, 15) is 9.59 Å². The molecule has 3 aliphatic rings. The van der Waals surface area contributed by atoms with Gasteiger partial charge < -0.3 is 19.8 Å². The highest BCUT2D eigenvalue weighted by molar-refractivity contribution is 6.08. The van der Waals surface area contributed by atoms with E-state index in [1.807, 2.05) is 23.1 Å². The summed E-state index contributed by atoms with van der Waals surface area (Å²) in [7, 11) is 1.68. The third-order valence-electron chi connectivity index (χ3n) is 5.32. The van der Waals surface area contributed by atoms with Crippen LogP contribution in [-0.4, -0.2) is 83.2 Å². The normalized spacial score (nSPS) is 25.0. The fourth-order valence-corrected chi connectivity index (χ4v) is 3.97. The number of rotatable bonds is 4. The van der Waals surface area contributed by atoms with E-state index in [-0.39, 0.29) is 25.1 Å². The first-order valence-corrected chi connectivity index (χ1v) is 8.91. The Bertz CT molecular complexity index is 780. The van der Waals surface area contributed by atoms with Gasteiger partial charge in [-0.25, -0.2) is 9.79 Å². The highest BCUT2D eigenvalue weighted by Crippen LogP contribution is 2.34. The summed E-state index contributed by atoms with van der Waals surface area (Å²) in [6.45, 7) is 3.68. The van der Waals surface area contributed by atoms with Crippen molar-refractivity contribution < 1.29 is 14.7 Å². The summed E-state index contributed by atoms with van der Waals surface area (Å²) < 4.78 is 0. The number of aryl methyl sites for hydroxylation is 1. The van der Waals surface area contributed by atoms with Gasteiger partial charge in [-0.1, -0.05) is 18.2 Å². The standard InChI is InChI=1S/C18H23N5O3/c1-12-6-3-4-7-13(12)21-9-10-22-14-15(19-17(21)22)20(2)18(26)23(16(14)25)8-5-11-24/h3-4,6-7,14-15,24H,5,8-11H2,1-2H3. The zero-order valence-electron chi connectivity index (χ0n) is 15.0. The van der Waals surface area contributed by atoms with E-state index in [0.29, 0.717) is 13.0 Å². The van der Waals surface area contributed by atoms with Crippen LogP contribution in [0.25, 0.3) is 0 Å². The third kappa shape index (κ3) is 2.36. The molecule has 2 atom stereocenters. The zero-order chi connectivity index (χ0) is 18.4. The number of urea groups is 1. The van der Waals surface area contributed by atoms with Crippen LogP contribution in [0.3, 0.4) is 0 Å². The number of nitrogens with zero attached hydrogens (tertiary/aromatic N) is 5. The lowest BCUT2D eigenvalue weighted by atomic mass is 10.1. The molecule has 0 aromatic heterocycles. The van der Waals surface area contributed by atoms with Crippen molar-refractivity contribution in [2.24, 2.45) is 4.99 Å². The van der Waals surface area contributed by atoms with Crippen LogP contribution in [0.2, 0.25) is 0 Å². The van der Waals surface area contributed by atoms with Crippen LogP contribution in [0, 0.1) is 6.92 Å². The van der Waals surface area contributed by atoms with Crippen molar-refractivity contribution in [1.29, 1.82) is 0 Å². The van der Waals surface area contributed by atoms with Crippen LogP contribution in [0.1, 0.15) is 12.0 Å². The van der Waals surface area contributed by atoms with Gasteiger partial charge in [-0.05, 0) is 25.0 Å². The molecule has 1 N–H and O–H groups in total. The number of hydrogen-bond donors (Lipinski definition) is 1. The first-order chi connectivity index (χ1) is 12.5. The van der Waals surface area contributed by atoms with Crippen molar-refractivity contribution >= 4 is 23.6 Å². The Morgan fingerprint density at radius 2 is 2.00 bits per heavy atom. The van der Waals surface area contributed by atoms with E-state index < -0.39 is 12.2 Å². The van der Waals surface area contributed by atoms with Crippen molar-refractivity contribution in [2.45, 2.75) is 25.6 Å². The molecule has 8 heteroatoms. The smallest absolute Gasteiger partial charge is 0.328 e. The third-order valence-corrected chi connectivity index (χ3v) is 5.32. The van der Waals surface area contributed by atoms with Crippen molar-refractivity contribution in [3.63, 3.8) is 0 Å². The molecule has 26 heavy (non-hydrogen) atoms. The fourth-order valence-electron chi connectivity index (χ4n) is 3.97. The lowest BCUT2D eigenvalue weighted by Gasteiger charge is -2.40. The minimum Gasteiger partial charge on any atom is -0.396 e. The molecule has 3 amide bonds.